The third-order valence-electron chi connectivity index (χ3n) is 1.24. The Morgan fingerprint density at radius 1 is 1.36 bits per heavy atom. The van der Waals surface area contributed by atoms with Gasteiger partial charge < -0.3 is 0 Å². The van der Waals surface area contributed by atoms with E-state index in [-0.39, 0.29) is 6.42 Å². The van der Waals surface area contributed by atoms with Crippen LogP contribution in [0.4, 0.5) is 8.78 Å². The molecule has 0 aliphatic heterocycles. The Hall–Kier alpha value is -0.560. The summed E-state index contributed by atoms with van der Waals surface area (Å²) in [5, 5.41) is 0. The Kier molecular flexibility index (Phi) is 14.1. The van der Waals surface area contributed by atoms with Crippen molar-refractivity contribution in [2.45, 2.75) is 27.4 Å². The van der Waals surface area contributed by atoms with Gasteiger partial charge in [-0.05, 0) is 18.6 Å². The molecule has 1 rings (SSSR count). The van der Waals surface area contributed by atoms with Crippen molar-refractivity contribution in [2.75, 3.05) is 6.42 Å². The van der Waals surface area contributed by atoms with E-state index in [1.54, 1.807) is 12.3 Å². The molecule has 0 spiro atoms. The van der Waals surface area contributed by atoms with Crippen LogP contribution in [0.3, 0.4) is 0 Å². The van der Waals surface area contributed by atoms with Crippen molar-refractivity contribution in [1.29, 1.82) is 0 Å². The van der Waals surface area contributed by atoms with Gasteiger partial charge in [0.1, 0.15) is 13.1 Å². The van der Waals surface area contributed by atoms with Crippen LogP contribution in [0.25, 0.3) is 0 Å². The highest BCUT2D eigenvalue weighted by Crippen LogP contribution is 2.03. The summed E-state index contributed by atoms with van der Waals surface area (Å²) < 4.78 is 22.2. The van der Waals surface area contributed by atoms with Crippen LogP contribution in [-0.4, -0.2) is 11.4 Å². The molecule has 0 amide bonds. The van der Waals surface area contributed by atoms with Crippen molar-refractivity contribution < 1.29 is 8.78 Å². The smallest absolute Gasteiger partial charge is 0.132 e. The van der Waals surface area contributed by atoms with Gasteiger partial charge in [0.15, 0.2) is 0 Å². The highest BCUT2D eigenvalue weighted by molar-refractivity contribution is 7.16. The molecule has 0 saturated carbocycles. The molecule has 0 aromatic carbocycles. The molecule has 1 aromatic rings. The van der Waals surface area contributed by atoms with Crippen LogP contribution >= 0.6 is 9.24 Å². The van der Waals surface area contributed by atoms with Crippen LogP contribution in [-0.2, 0) is 6.67 Å². The van der Waals surface area contributed by atoms with E-state index in [0.717, 1.165) is 5.56 Å². The van der Waals surface area contributed by atoms with Crippen molar-refractivity contribution >= 4 is 9.24 Å². The lowest BCUT2D eigenvalue weighted by molar-refractivity contribution is 0.474. The molecule has 0 bridgehead atoms. The lowest BCUT2D eigenvalue weighted by atomic mass is 10.2. The van der Waals surface area contributed by atoms with Crippen LogP contribution < -0.4 is 0 Å². The first-order valence-corrected chi connectivity index (χ1v) is 5.30. The minimum absolute atomic E-state index is 0.333. The summed E-state index contributed by atoms with van der Waals surface area (Å²) in [6.45, 7) is 5.38. The number of nitrogens with zero attached hydrogens (tertiary/aromatic N) is 1. The molecule has 4 heteroatoms. The SMILES string of the molecule is CC.Cc1cccnc1CF.FCP. The molecule has 0 fully saturated rings. The lowest BCUT2D eigenvalue weighted by Gasteiger charge is -1.95. The Bertz CT molecular complexity index is 219. The van der Waals surface area contributed by atoms with E-state index in [9.17, 15) is 8.78 Å². The zero-order chi connectivity index (χ0) is 11.4. The largest absolute Gasteiger partial charge is 0.258 e. The average molecular weight is 221 g/mol. The molecule has 0 N–H and O–H groups in total. The monoisotopic (exact) mass is 221 g/mol. The molecule has 0 radical (unpaired) electrons. The predicted molar refractivity (Wildman–Crippen MR) is 60.8 cm³/mol. The van der Waals surface area contributed by atoms with E-state index in [0.29, 0.717) is 5.69 Å². The zero-order valence-electron chi connectivity index (χ0n) is 8.93. The fourth-order valence-corrected chi connectivity index (χ4v) is 0.658. The number of rotatable bonds is 1. The molecule has 1 heterocycles. The van der Waals surface area contributed by atoms with Crippen LogP contribution in [0.15, 0.2) is 18.3 Å². The number of halogens is 2. The lowest BCUT2D eigenvalue weighted by Crippen LogP contribution is -1.87. The van der Waals surface area contributed by atoms with E-state index in [2.05, 4.69) is 4.98 Å². The summed E-state index contributed by atoms with van der Waals surface area (Å²) in [5.74, 6) is 0. The Balaban J connectivity index is 0. The van der Waals surface area contributed by atoms with Gasteiger partial charge in [0.2, 0.25) is 0 Å². The first kappa shape index (κ1) is 15.9. The molecule has 1 atom stereocenters. The van der Waals surface area contributed by atoms with E-state index in [1.165, 1.54) is 0 Å². The van der Waals surface area contributed by atoms with Crippen LogP contribution in [0.1, 0.15) is 25.1 Å². The standard InChI is InChI=1S/C7H8FN.C2H6.CH4FP/c1-6-3-2-4-9-7(6)5-8;1-2;2-1-3/h2-4H,5H2,1H3;1-2H3;1,3H2. The summed E-state index contributed by atoms with van der Waals surface area (Å²) in [4.78, 5) is 3.82. The first-order valence-electron chi connectivity index (χ1n) is 4.48. The van der Waals surface area contributed by atoms with Gasteiger partial charge in [-0.15, -0.1) is 9.24 Å². The maximum Gasteiger partial charge on any atom is 0.132 e. The molecule has 14 heavy (non-hydrogen) atoms. The van der Waals surface area contributed by atoms with Gasteiger partial charge in [-0.2, -0.15) is 0 Å². The minimum atomic E-state index is -0.466. The third-order valence-corrected chi connectivity index (χ3v) is 1.24. The Morgan fingerprint density at radius 2 is 1.86 bits per heavy atom. The maximum atomic E-state index is 11.9. The fourth-order valence-electron chi connectivity index (χ4n) is 0.658. The Labute approximate surface area is 87.1 Å². The molecule has 0 saturated heterocycles. The predicted octanol–water partition coefficient (Wildman–Crippen LogP) is 3.67. The van der Waals surface area contributed by atoms with Gasteiger partial charge in [0.05, 0.1) is 5.69 Å². The molecular formula is C10H18F2NP. The number of pyridine rings is 1. The highest BCUT2D eigenvalue weighted by Gasteiger charge is 1.93. The second kappa shape index (κ2) is 12.4. The molecule has 1 nitrogen and oxygen atoms in total. The van der Waals surface area contributed by atoms with Crippen LogP contribution in [0.5, 0.6) is 0 Å². The van der Waals surface area contributed by atoms with Crippen LogP contribution in [0.2, 0.25) is 0 Å². The molecule has 0 aliphatic rings. The van der Waals surface area contributed by atoms with Gasteiger partial charge in [-0.1, -0.05) is 19.9 Å². The van der Waals surface area contributed by atoms with Gasteiger partial charge in [-0.25, -0.2) is 8.78 Å². The van der Waals surface area contributed by atoms with Gasteiger partial charge in [0, 0.05) is 6.20 Å². The molecule has 1 aromatic heterocycles. The molecule has 82 valence electrons. The number of aryl methyl sites for hydroxylation is 1. The van der Waals surface area contributed by atoms with E-state index in [1.807, 2.05) is 36.1 Å². The summed E-state index contributed by atoms with van der Waals surface area (Å²) in [5.41, 5.74) is 1.46. The number of hydrogen-bond acceptors (Lipinski definition) is 1. The van der Waals surface area contributed by atoms with Crippen molar-refractivity contribution in [3.63, 3.8) is 0 Å². The molecular weight excluding hydrogens is 203 g/mol. The summed E-state index contributed by atoms with van der Waals surface area (Å²) in [6.07, 6.45) is 1.27. The van der Waals surface area contributed by atoms with E-state index < -0.39 is 6.67 Å². The van der Waals surface area contributed by atoms with Gasteiger partial charge >= 0.3 is 0 Å². The van der Waals surface area contributed by atoms with E-state index >= 15 is 0 Å². The van der Waals surface area contributed by atoms with Crippen molar-refractivity contribution in [3.8, 4) is 0 Å². The molecule has 1 unspecified atom stereocenters. The van der Waals surface area contributed by atoms with Gasteiger partial charge in [0.25, 0.3) is 0 Å². The fraction of sp³-hybridized carbons (Fsp3) is 0.500. The molecule has 0 aliphatic carbocycles. The first-order chi connectivity index (χ1) is 6.76. The minimum Gasteiger partial charge on any atom is -0.258 e. The average Bonchev–Trinajstić information content (AvgIpc) is 2.23. The number of alkyl halides is 2. The summed E-state index contributed by atoms with van der Waals surface area (Å²) in [6, 6.07) is 3.65. The number of aromatic nitrogens is 1. The maximum absolute atomic E-state index is 11.9. The third kappa shape index (κ3) is 8.06. The van der Waals surface area contributed by atoms with Crippen LogP contribution in [0, 0.1) is 6.92 Å². The second-order valence-corrected chi connectivity index (χ2v) is 2.36. The summed E-state index contributed by atoms with van der Waals surface area (Å²) >= 11 is 0. The quantitative estimate of drug-likeness (QED) is 0.659. The number of hydrogen-bond donors (Lipinski definition) is 0. The van der Waals surface area contributed by atoms with Crippen molar-refractivity contribution in [1.82, 2.24) is 4.98 Å². The van der Waals surface area contributed by atoms with Crippen molar-refractivity contribution in [3.05, 3.63) is 29.6 Å². The highest BCUT2D eigenvalue weighted by atomic mass is 31.0. The van der Waals surface area contributed by atoms with Gasteiger partial charge in [-0.3, -0.25) is 4.98 Å². The topological polar surface area (TPSA) is 12.9 Å². The van der Waals surface area contributed by atoms with Crippen molar-refractivity contribution in [2.24, 2.45) is 0 Å². The zero-order valence-corrected chi connectivity index (χ0v) is 10.1. The Morgan fingerprint density at radius 3 is 2.14 bits per heavy atom. The van der Waals surface area contributed by atoms with E-state index in [4.69, 9.17) is 0 Å². The summed E-state index contributed by atoms with van der Waals surface area (Å²) in [7, 11) is 1.91. The normalized spacial score (nSPS) is 7.86. The second-order valence-electron chi connectivity index (χ2n) is 2.05.